The van der Waals surface area contributed by atoms with E-state index < -0.39 is 5.95 Å². The first kappa shape index (κ1) is 11.9. The first-order chi connectivity index (χ1) is 7.09. The lowest BCUT2D eigenvalue weighted by Crippen LogP contribution is -2.24. The number of rotatable bonds is 5. The molecule has 0 aliphatic rings. The molecule has 1 heterocycles. The van der Waals surface area contributed by atoms with Gasteiger partial charge in [0.25, 0.3) is 0 Å². The SMILES string of the molecule is CN(C)CCCN(C)c1cccc(F)n1. The summed E-state index contributed by atoms with van der Waals surface area (Å²) in [5.41, 5.74) is 0. The van der Waals surface area contributed by atoms with Crippen molar-refractivity contribution in [1.29, 1.82) is 0 Å². The van der Waals surface area contributed by atoms with Crippen LogP contribution >= 0.6 is 0 Å². The van der Waals surface area contributed by atoms with Gasteiger partial charge in [0.1, 0.15) is 5.82 Å². The monoisotopic (exact) mass is 211 g/mol. The van der Waals surface area contributed by atoms with Crippen LogP contribution in [-0.4, -0.2) is 44.1 Å². The molecule has 84 valence electrons. The van der Waals surface area contributed by atoms with Crippen LogP contribution in [-0.2, 0) is 0 Å². The van der Waals surface area contributed by atoms with E-state index in [2.05, 4.69) is 9.88 Å². The molecule has 0 saturated carbocycles. The van der Waals surface area contributed by atoms with E-state index in [4.69, 9.17) is 0 Å². The van der Waals surface area contributed by atoms with Gasteiger partial charge in [0, 0.05) is 13.6 Å². The fourth-order valence-electron chi connectivity index (χ4n) is 1.35. The third kappa shape index (κ3) is 4.25. The summed E-state index contributed by atoms with van der Waals surface area (Å²) in [6.07, 6.45) is 1.04. The van der Waals surface area contributed by atoms with Crippen molar-refractivity contribution in [3.05, 3.63) is 24.1 Å². The molecule has 0 aliphatic carbocycles. The highest BCUT2D eigenvalue weighted by molar-refractivity contribution is 5.36. The van der Waals surface area contributed by atoms with Gasteiger partial charge in [0.15, 0.2) is 0 Å². The highest BCUT2D eigenvalue weighted by Crippen LogP contribution is 2.08. The predicted octanol–water partition coefficient (Wildman–Crippen LogP) is 1.61. The average Bonchev–Trinajstić information content (AvgIpc) is 2.17. The zero-order valence-corrected chi connectivity index (χ0v) is 9.57. The van der Waals surface area contributed by atoms with E-state index in [9.17, 15) is 4.39 Å². The van der Waals surface area contributed by atoms with Gasteiger partial charge >= 0.3 is 0 Å². The Balaban J connectivity index is 2.43. The van der Waals surface area contributed by atoms with Crippen molar-refractivity contribution in [1.82, 2.24) is 9.88 Å². The van der Waals surface area contributed by atoms with Gasteiger partial charge in [-0.25, -0.2) is 4.98 Å². The molecule has 4 heteroatoms. The van der Waals surface area contributed by atoms with Crippen molar-refractivity contribution < 1.29 is 4.39 Å². The molecular weight excluding hydrogens is 193 g/mol. The molecule has 0 amide bonds. The van der Waals surface area contributed by atoms with Crippen LogP contribution in [0.25, 0.3) is 0 Å². The van der Waals surface area contributed by atoms with Crippen molar-refractivity contribution in [2.45, 2.75) is 6.42 Å². The minimum Gasteiger partial charge on any atom is -0.360 e. The first-order valence-electron chi connectivity index (χ1n) is 5.08. The maximum absolute atomic E-state index is 12.8. The average molecular weight is 211 g/mol. The second-order valence-corrected chi connectivity index (χ2v) is 3.90. The first-order valence-corrected chi connectivity index (χ1v) is 5.08. The number of nitrogens with zero attached hydrogens (tertiary/aromatic N) is 3. The van der Waals surface area contributed by atoms with E-state index in [-0.39, 0.29) is 0 Å². The highest BCUT2D eigenvalue weighted by atomic mass is 19.1. The molecule has 0 fully saturated rings. The van der Waals surface area contributed by atoms with Gasteiger partial charge in [0.05, 0.1) is 0 Å². The molecule has 0 spiro atoms. The zero-order chi connectivity index (χ0) is 11.3. The molecule has 1 rings (SSSR count). The van der Waals surface area contributed by atoms with Crippen molar-refractivity contribution in [3.8, 4) is 0 Å². The van der Waals surface area contributed by atoms with Crippen LogP contribution in [0.15, 0.2) is 18.2 Å². The number of anilines is 1. The van der Waals surface area contributed by atoms with E-state index in [1.807, 2.05) is 32.1 Å². The van der Waals surface area contributed by atoms with Gasteiger partial charge in [-0.3, -0.25) is 0 Å². The normalized spacial score (nSPS) is 10.7. The summed E-state index contributed by atoms with van der Waals surface area (Å²) < 4.78 is 12.8. The molecule has 0 aliphatic heterocycles. The second-order valence-electron chi connectivity index (χ2n) is 3.90. The molecule has 0 unspecified atom stereocenters. The smallest absolute Gasteiger partial charge is 0.214 e. The van der Waals surface area contributed by atoms with Crippen LogP contribution in [0.2, 0.25) is 0 Å². The Hall–Kier alpha value is -1.16. The van der Waals surface area contributed by atoms with Gasteiger partial charge < -0.3 is 9.80 Å². The molecule has 1 aromatic heterocycles. The standard InChI is InChI=1S/C11H18FN3/c1-14(2)8-5-9-15(3)11-7-4-6-10(12)13-11/h4,6-7H,5,8-9H2,1-3H3. The quantitative estimate of drug-likeness (QED) is 0.690. The molecule has 0 bridgehead atoms. The van der Waals surface area contributed by atoms with Crippen LogP contribution in [0.5, 0.6) is 0 Å². The Morgan fingerprint density at radius 2 is 1.93 bits per heavy atom. The Morgan fingerprint density at radius 3 is 2.53 bits per heavy atom. The number of hydrogen-bond acceptors (Lipinski definition) is 3. The molecule has 0 saturated heterocycles. The van der Waals surface area contributed by atoms with Crippen molar-refractivity contribution in [2.24, 2.45) is 0 Å². The summed E-state index contributed by atoms with van der Waals surface area (Å²) in [5, 5.41) is 0. The molecule has 0 radical (unpaired) electrons. The lowest BCUT2D eigenvalue weighted by Gasteiger charge is -2.19. The minimum absolute atomic E-state index is 0.424. The van der Waals surface area contributed by atoms with E-state index >= 15 is 0 Å². The van der Waals surface area contributed by atoms with Crippen LogP contribution in [0.3, 0.4) is 0 Å². The Labute approximate surface area is 90.5 Å². The summed E-state index contributed by atoms with van der Waals surface area (Å²) in [6.45, 7) is 1.91. The van der Waals surface area contributed by atoms with Gasteiger partial charge in [-0.2, -0.15) is 4.39 Å². The van der Waals surface area contributed by atoms with Crippen LogP contribution in [0.1, 0.15) is 6.42 Å². The lowest BCUT2D eigenvalue weighted by molar-refractivity contribution is 0.401. The Kier molecular flexibility index (Phi) is 4.49. The summed E-state index contributed by atoms with van der Waals surface area (Å²) in [4.78, 5) is 7.91. The van der Waals surface area contributed by atoms with Crippen molar-refractivity contribution in [2.75, 3.05) is 39.1 Å². The maximum Gasteiger partial charge on any atom is 0.214 e. The van der Waals surface area contributed by atoms with Gasteiger partial charge in [-0.05, 0) is 39.2 Å². The third-order valence-corrected chi connectivity index (χ3v) is 2.19. The van der Waals surface area contributed by atoms with Crippen LogP contribution < -0.4 is 4.90 Å². The van der Waals surface area contributed by atoms with Gasteiger partial charge in [-0.15, -0.1) is 0 Å². The predicted molar refractivity (Wildman–Crippen MR) is 60.6 cm³/mol. The van der Waals surface area contributed by atoms with E-state index in [0.717, 1.165) is 19.5 Å². The molecule has 15 heavy (non-hydrogen) atoms. The lowest BCUT2D eigenvalue weighted by atomic mass is 10.3. The Morgan fingerprint density at radius 1 is 1.20 bits per heavy atom. The van der Waals surface area contributed by atoms with E-state index in [1.54, 1.807) is 6.07 Å². The number of halogens is 1. The summed E-state index contributed by atoms with van der Waals surface area (Å²) in [5.74, 6) is 0.265. The van der Waals surface area contributed by atoms with Crippen molar-refractivity contribution in [3.63, 3.8) is 0 Å². The summed E-state index contributed by atoms with van der Waals surface area (Å²) in [7, 11) is 6.01. The van der Waals surface area contributed by atoms with Gasteiger partial charge in [0.2, 0.25) is 5.95 Å². The molecule has 1 aromatic rings. The molecule has 3 nitrogen and oxygen atoms in total. The van der Waals surface area contributed by atoms with Gasteiger partial charge in [-0.1, -0.05) is 6.07 Å². The number of pyridine rings is 1. The van der Waals surface area contributed by atoms with E-state index in [1.165, 1.54) is 6.07 Å². The molecule has 0 N–H and O–H groups in total. The third-order valence-electron chi connectivity index (χ3n) is 2.19. The largest absolute Gasteiger partial charge is 0.360 e. The molecule has 0 aromatic carbocycles. The fourth-order valence-corrected chi connectivity index (χ4v) is 1.35. The molecular formula is C11H18FN3. The maximum atomic E-state index is 12.8. The van der Waals surface area contributed by atoms with E-state index in [0.29, 0.717) is 5.82 Å². The zero-order valence-electron chi connectivity index (χ0n) is 9.57. The topological polar surface area (TPSA) is 19.4 Å². The molecule has 0 atom stereocenters. The highest BCUT2D eigenvalue weighted by Gasteiger charge is 2.03. The Bertz CT molecular complexity index is 302. The fraction of sp³-hybridized carbons (Fsp3) is 0.545. The number of hydrogen-bond donors (Lipinski definition) is 0. The second kappa shape index (κ2) is 5.66. The minimum atomic E-state index is -0.424. The van der Waals surface area contributed by atoms with Crippen LogP contribution in [0, 0.1) is 5.95 Å². The summed E-state index contributed by atoms with van der Waals surface area (Å²) >= 11 is 0. The van der Waals surface area contributed by atoms with Crippen LogP contribution in [0.4, 0.5) is 10.2 Å². The van der Waals surface area contributed by atoms with Crippen molar-refractivity contribution >= 4 is 5.82 Å². The summed E-state index contributed by atoms with van der Waals surface area (Å²) in [6, 6.07) is 4.86. The number of aromatic nitrogens is 1.